The Kier molecular flexibility index (Phi) is 3.53. The van der Waals surface area contributed by atoms with Gasteiger partial charge < -0.3 is 15.0 Å². The lowest BCUT2D eigenvalue weighted by atomic mass is 10.1. The molecule has 2 N–H and O–H groups in total. The molecule has 4 heteroatoms. The molecule has 0 bridgehead atoms. The van der Waals surface area contributed by atoms with Gasteiger partial charge in [0.05, 0.1) is 0 Å². The molecule has 0 unspecified atom stereocenters. The van der Waals surface area contributed by atoms with Crippen LogP contribution in [0.5, 0.6) is 5.75 Å². The smallest absolute Gasteiger partial charge is 0.190 e. The third-order valence-corrected chi connectivity index (χ3v) is 4.66. The van der Waals surface area contributed by atoms with E-state index in [-0.39, 0.29) is 11.2 Å². The second-order valence-electron chi connectivity index (χ2n) is 6.53. The largest absolute Gasteiger partial charge is 0.508 e. The van der Waals surface area contributed by atoms with Crippen LogP contribution in [0.3, 0.4) is 0 Å². The van der Waals surface area contributed by atoms with Crippen molar-refractivity contribution in [3.63, 3.8) is 0 Å². The lowest BCUT2D eigenvalue weighted by Gasteiger charge is -2.18. The first-order valence-corrected chi connectivity index (χ1v) is 8.33. The standard InChI is InChI=1S/C20H20N2O2/c1-13-8-14(10-16(23)9-13)19-12-20(24)17-11-15(4-5-18(17)21-19)22-6-2-3-7-22/h4-5,8-12,23H,2-3,6-7H2,1H3,(H,21,24). The molecule has 24 heavy (non-hydrogen) atoms. The van der Waals surface area contributed by atoms with Crippen molar-refractivity contribution >= 4 is 16.6 Å². The lowest BCUT2D eigenvalue weighted by Crippen LogP contribution is -2.17. The maximum Gasteiger partial charge on any atom is 0.190 e. The number of benzene rings is 2. The van der Waals surface area contributed by atoms with Crippen LogP contribution in [-0.2, 0) is 0 Å². The van der Waals surface area contributed by atoms with Crippen molar-refractivity contribution in [2.75, 3.05) is 18.0 Å². The summed E-state index contributed by atoms with van der Waals surface area (Å²) in [4.78, 5) is 18.3. The number of hydrogen-bond donors (Lipinski definition) is 2. The van der Waals surface area contributed by atoms with E-state index in [2.05, 4.69) is 16.0 Å². The summed E-state index contributed by atoms with van der Waals surface area (Å²) < 4.78 is 0. The Morgan fingerprint density at radius 3 is 2.58 bits per heavy atom. The summed E-state index contributed by atoms with van der Waals surface area (Å²) in [6, 6.07) is 13.0. The predicted octanol–water partition coefficient (Wildman–Crippen LogP) is 3.81. The summed E-state index contributed by atoms with van der Waals surface area (Å²) in [5.41, 5.74) is 4.43. The Bertz CT molecular complexity index is 949. The number of aromatic nitrogens is 1. The molecule has 4 rings (SSSR count). The van der Waals surface area contributed by atoms with Crippen molar-refractivity contribution in [1.82, 2.24) is 4.98 Å². The van der Waals surface area contributed by atoms with E-state index in [1.807, 2.05) is 25.1 Å². The van der Waals surface area contributed by atoms with Crippen LogP contribution in [0.25, 0.3) is 22.2 Å². The lowest BCUT2D eigenvalue weighted by molar-refractivity contribution is 0.475. The molecule has 1 aromatic heterocycles. The first-order chi connectivity index (χ1) is 11.6. The molecule has 0 aliphatic carbocycles. The van der Waals surface area contributed by atoms with Crippen LogP contribution in [0.4, 0.5) is 5.69 Å². The number of H-pyrrole nitrogens is 1. The molecule has 1 aliphatic heterocycles. The molecule has 0 atom stereocenters. The van der Waals surface area contributed by atoms with Crippen molar-refractivity contribution < 1.29 is 5.11 Å². The normalized spacial score (nSPS) is 14.5. The van der Waals surface area contributed by atoms with E-state index in [1.165, 1.54) is 12.8 Å². The molecular formula is C20H20N2O2. The minimum atomic E-state index is 0.000734. The van der Waals surface area contributed by atoms with E-state index in [0.717, 1.165) is 41.1 Å². The molecule has 2 heterocycles. The van der Waals surface area contributed by atoms with E-state index < -0.39 is 0 Å². The monoisotopic (exact) mass is 320 g/mol. The number of fused-ring (bicyclic) bond motifs is 1. The third-order valence-electron chi connectivity index (χ3n) is 4.66. The summed E-state index contributed by atoms with van der Waals surface area (Å²) in [5.74, 6) is 0.204. The SMILES string of the molecule is Cc1cc(O)cc(-c2cc(=O)c3cc(N4CCCC4)ccc3[nH]2)c1. The van der Waals surface area contributed by atoms with E-state index >= 15 is 0 Å². The van der Waals surface area contributed by atoms with Gasteiger partial charge in [0.15, 0.2) is 5.43 Å². The van der Waals surface area contributed by atoms with Gasteiger partial charge in [0.1, 0.15) is 5.75 Å². The Labute approximate surface area is 140 Å². The van der Waals surface area contributed by atoms with Gasteiger partial charge in [0.2, 0.25) is 0 Å². The van der Waals surface area contributed by atoms with E-state index in [1.54, 1.807) is 18.2 Å². The second-order valence-corrected chi connectivity index (χ2v) is 6.53. The first-order valence-electron chi connectivity index (χ1n) is 8.33. The minimum absolute atomic E-state index is 0.000734. The van der Waals surface area contributed by atoms with E-state index in [9.17, 15) is 9.90 Å². The summed E-state index contributed by atoms with van der Waals surface area (Å²) in [5, 5.41) is 10.5. The number of anilines is 1. The average Bonchev–Trinajstić information content (AvgIpc) is 3.08. The summed E-state index contributed by atoms with van der Waals surface area (Å²) in [6.07, 6.45) is 2.42. The Balaban J connectivity index is 1.82. The van der Waals surface area contributed by atoms with Gasteiger partial charge in [-0.3, -0.25) is 4.79 Å². The van der Waals surface area contributed by atoms with Crippen LogP contribution < -0.4 is 10.3 Å². The van der Waals surface area contributed by atoms with Gasteiger partial charge in [-0.15, -0.1) is 0 Å². The zero-order valence-corrected chi connectivity index (χ0v) is 13.7. The number of hydrogen-bond acceptors (Lipinski definition) is 3. The fourth-order valence-electron chi connectivity index (χ4n) is 3.48. The van der Waals surface area contributed by atoms with Crippen LogP contribution in [0, 0.1) is 6.92 Å². The summed E-state index contributed by atoms with van der Waals surface area (Å²) in [6.45, 7) is 4.04. The zero-order valence-electron chi connectivity index (χ0n) is 13.7. The maximum atomic E-state index is 12.6. The van der Waals surface area contributed by atoms with Gasteiger partial charge in [0.25, 0.3) is 0 Å². The molecule has 1 fully saturated rings. The highest BCUT2D eigenvalue weighted by molar-refractivity contribution is 5.85. The van der Waals surface area contributed by atoms with Crippen LogP contribution >= 0.6 is 0 Å². The highest BCUT2D eigenvalue weighted by Crippen LogP contribution is 2.27. The molecule has 3 aromatic rings. The van der Waals surface area contributed by atoms with Gasteiger partial charge in [-0.1, -0.05) is 0 Å². The van der Waals surface area contributed by atoms with E-state index in [4.69, 9.17) is 0 Å². The minimum Gasteiger partial charge on any atom is -0.508 e. The van der Waals surface area contributed by atoms with E-state index in [0.29, 0.717) is 5.39 Å². The number of nitrogens with zero attached hydrogens (tertiary/aromatic N) is 1. The number of phenolic OH excluding ortho intramolecular Hbond substituents is 1. The molecular weight excluding hydrogens is 300 g/mol. The maximum absolute atomic E-state index is 12.6. The van der Waals surface area contributed by atoms with Crippen LogP contribution in [0.1, 0.15) is 18.4 Å². The van der Waals surface area contributed by atoms with Crippen molar-refractivity contribution in [3.05, 3.63) is 58.3 Å². The zero-order chi connectivity index (χ0) is 16.7. The van der Waals surface area contributed by atoms with Crippen molar-refractivity contribution in [3.8, 4) is 17.0 Å². The number of phenols is 1. The molecule has 122 valence electrons. The third kappa shape index (κ3) is 2.64. The summed E-state index contributed by atoms with van der Waals surface area (Å²) >= 11 is 0. The molecule has 0 spiro atoms. The molecule has 0 radical (unpaired) electrons. The Morgan fingerprint density at radius 2 is 1.83 bits per heavy atom. The molecule has 1 saturated heterocycles. The molecule has 0 saturated carbocycles. The molecule has 4 nitrogen and oxygen atoms in total. The Hall–Kier alpha value is -2.75. The molecule has 1 aliphatic rings. The number of aromatic hydroxyl groups is 1. The van der Waals surface area contributed by atoms with Crippen LogP contribution in [0.15, 0.2) is 47.3 Å². The van der Waals surface area contributed by atoms with Gasteiger partial charge in [-0.2, -0.15) is 0 Å². The van der Waals surface area contributed by atoms with Crippen LogP contribution in [0.2, 0.25) is 0 Å². The van der Waals surface area contributed by atoms with Crippen molar-refractivity contribution in [2.45, 2.75) is 19.8 Å². The topological polar surface area (TPSA) is 56.3 Å². The highest BCUT2D eigenvalue weighted by Gasteiger charge is 2.14. The predicted molar refractivity (Wildman–Crippen MR) is 97.9 cm³/mol. The average molecular weight is 320 g/mol. The van der Waals surface area contributed by atoms with Gasteiger partial charge in [0, 0.05) is 47.0 Å². The number of rotatable bonds is 2. The quantitative estimate of drug-likeness (QED) is 0.755. The number of pyridine rings is 1. The first kappa shape index (κ1) is 14.8. The fourth-order valence-corrected chi connectivity index (χ4v) is 3.48. The number of aromatic amines is 1. The molecule has 0 amide bonds. The van der Waals surface area contributed by atoms with Crippen molar-refractivity contribution in [2.24, 2.45) is 0 Å². The second kappa shape index (κ2) is 5.71. The van der Waals surface area contributed by atoms with Crippen LogP contribution in [-0.4, -0.2) is 23.2 Å². The van der Waals surface area contributed by atoms with Gasteiger partial charge in [-0.05, 0) is 61.7 Å². The summed E-state index contributed by atoms with van der Waals surface area (Å²) in [7, 11) is 0. The Morgan fingerprint density at radius 1 is 1.04 bits per heavy atom. The van der Waals surface area contributed by atoms with Crippen molar-refractivity contribution in [1.29, 1.82) is 0 Å². The van der Waals surface area contributed by atoms with Gasteiger partial charge in [-0.25, -0.2) is 0 Å². The number of nitrogens with one attached hydrogen (secondary N) is 1. The highest BCUT2D eigenvalue weighted by atomic mass is 16.3. The fraction of sp³-hybridized carbons (Fsp3) is 0.250. The molecule has 2 aromatic carbocycles. The van der Waals surface area contributed by atoms with Gasteiger partial charge >= 0.3 is 0 Å². The number of aryl methyl sites for hydroxylation is 1.